The molecule has 0 radical (unpaired) electrons. The molecule has 1 aromatic carbocycles. The number of hydrogen-bond acceptors (Lipinski definition) is 5. The van der Waals surface area contributed by atoms with Crippen molar-refractivity contribution < 1.29 is 19.5 Å². The fourth-order valence-electron chi connectivity index (χ4n) is 2.58. The van der Waals surface area contributed by atoms with Crippen molar-refractivity contribution >= 4 is 29.5 Å². The van der Waals surface area contributed by atoms with Gasteiger partial charge in [-0.25, -0.2) is 0 Å². The fourth-order valence-corrected chi connectivity index (χ4v) is 3.19. The highest BCUT2D eigenvalue weighted by molar-refractivity contribution is 7.98. The second-order valence-corrected chi connectivity index (χ2v) is 7.41. The van der Waals surface area contributed by atoms with Gasteiger partial charge in [0.05, 0.1) is 18.5 Å². The monoisotopic (exact) mass is 395 g/mol. The molecule has 0 aliphatic rings. The Morgan fingerprint density at radius 3 is 2.30 bits per heavy atom. The van der Waals surface area contributed by atoms with E-state index in [2.05, 4.69) is 10.6 Å². The topological polar surface area (TPSA) is 122 Å². The van der Waals surface area contributed by atoms with Crippen LogP contribution in [0.5, 0.6) is 0 Å². The molecular formula is C19H29N3O4S. The lowest BCUT2D eigenvalue weighted by molar-refractivity contribution is -0.139. The molecule has 8 heteroatoms. The number of carboxylic acids is 1. The Labute approximate surface area is 164 Å². The first kappa shape index (κ1) is 23.0. The number of thioether (sulfide) groups is 1. The zero-order valence-corrected chi connectivity index (χ0v) is 16.8. The molecule has 0 aromatic heterocycles. The summed E-state index contributed by atoms with van der Waals surface area (Å²) < 4.78 is 0. The molecule has 7 nitrogen and oxygen atoms in total. The lowest BCUT2D eigenvalue weighted by Gasteiger charge is -2.27. The zero-order chi connectivity index (χ0) is 20.4. The molecule has 0 unspecified atom stereocenters. The van der Waals surface area contributed by atoms with Crippen molar-refractivity contribution in [1.29, 1.82) is 0 Å². The summed E-state index contributed by atoms with van der Waals surface area (Å²) in [5.74, 6) is -1.54. The molecule has 4 atom stereocenters. The summed E-state index contributed by atoms with van der Waals surface area (Å²) in [4.78, 5) is 35.9. The van der Waals surface area contributed by atoms with Crippen molar-refractivity contribution in [1.82, 2.24) is 10.6 Å². The van der Waals surface area contributed by atoms with Gasteiger partial charge in [-0.3, -0.25) is 14.4 Å². The van der Waals surface area contributed by atoms with E-state index >= 15 is 0 Å². The van der Waals surface area contributed by atoms with E-state index in [1.807, 2.05) is 50.4 Å². The second kappa shape index (κ2) is 11.6. The molecule has 5 N–H and O–H groups in total. The first-order chi connectivity index (χ1) is 12.8. The molecule has 0 aliphatic carbocycles. The number of hydrogen-bond donors (Lipinski definition) is 4. The van der Waals surface area contributed by atoms with Gasteiger partial charge in [-0.1, -0.05) is 50.6 Å². The number of carbonyl (C=O) groups excluding carboxylic acids is 2. The number of nitrogens with one attached hydrogen (secondary N) is 2. The highest BCUT2D eigenvalue weighted by Gasteiger charge is 2.30. The van der Waals surface area contributed by atoms with E-state index in [1.54, 1.807) is 11.8 Å². The van der Waals surface area contributed by atoms with Gasteiger partial charge in [-0.2, -0.15) is 11.8 Å². The average Bonchev–Trinajstić information content (AvgIpc) is 2.64. The standard InChI is InChI=1S/C19H29N3O4S/c1-4-12(2)17(22-18(25)14(20)10-16(23)24)19(26)21-15(11-27-3)13-8-6-5-7-9-13/h5-9,12,14-15,17H,4,10-11,20H2,1-3H3,(H,21,26)(H,22,25)(H,23,24)/t12-,14+,15+,17-/m1/s1. The maximum absolute atomic E-state index is 12.9. The van der Waals surface area contributed by atoms with Gasteiger partial charge in [0.15, 0.2) is 0 Å². The van der Waals surface area contributed by atoms with Crippen molar-refractivity contribution in [3.8, 4) is 0 Å². The van der Waals surface area contributed by atoms with Gasteiger partial charge in [0.1, 0.15) is 6.04 Å². The third kappa shape index (κ3) is 7.60. The van der Waals surface area contributed by atoms with Crippen molar-refractivity contribution in [3.05, 3.63) is 35.9 Å². The zero-order valence-electron chi connectivity index (χ0n) is 16.0. The number of amides is 2. The minimum Gasteiger partial charge on any atom is -0.481 e. The summed E-state index contributed by atoms with van der Waals surface area (Å²) in [5, 5.41) is 14.4. The molecule has 27 heavy (non-hydrogen) atoms. The Hall–Kier alpha value is -2.06. The Balaban J connectivity index is 2.90. The van der Waals surface area contributed by atoms with Crippen LogP contribution in [0.1, 0.15) is 38.3 Å². The number of benzene rings is 1. The average molecular weight is 396 g/mol. The van der Waals surface area contributed by atoms with Crippen LogP contribution in [0.4, 0.5) is 0 Å². The predicted octanol–water partition coefficient (Wildman–Crippen LogP) is 1.54. The van der Waals surface area contributed by atoms with Crippen LogP contribution < -0.4 is 16.4 Å². The van der Waals surface area contributed by atoms with Crippen molar-refractivity contribution in [2.45, 2.75) is 44.8 Å². The van der Waals surface area contributed by atoms with Crippen LogP contribution in [0, 0.1) is 5.92 Å². The minimum absolute atomic E-state index is 0.128. The van der Waals surface area contributed by atoms with Crippen LogP contribution in [0.25, 0.3) is 0 Å². The summed E-state index contributed by atoms with van der Waals surface area (Å²) in [5.41, 5.74) is 6.60. The molecule has 0 saturated heterocycles. The molecule has 0 aliphatic heterocycles. The Kier molecular flexibility index (Phi) is 9.88. The third-order valence-electron chi connectivity index (χ3n) is 4.38. The maximum atomic E-state index is 12.9. The first-order valence-electron chi connectivity index (χ1n) is 8.92. The molecule has 0 bridgehead atoms. The van der Waals surface area contributed by atoms with Gasteiger partial charge >= 0.3 is 5.97 Å². The summed E-state index contributed by atoms with van der Waals surface area (Å²) >= 11 is 1.61. The molecule has 0 heterocycles. The maximum Gasteiger partial charge on any atom is 0.305 e. The normalized spacial score (nSPS) is 15.3. The van der Waals surface area contributed by atoms with E-state index in [-0.39, 0.29) is 17.9 Å². The van der Waals surface area contributed by atoms with Crippen LogP contribution in [-0.4, -0.2) is 47.0 Å². The highest BCUT2D eigenvalue weighted by atomic mass is 32.2. The van der Waals surface area contributed by atoms with Crippen LogP contribution in [0.2, 0.25) is 0 Å². The van der Waals surface area contributed by atoms with Gasteiger partial charge in [0.2, 0.25) is 11.8 Å². The molecule has 0 fully saturated rings. The molecule has 0 saturated carbocycles. The molecule has 2 amide bonds. The Morgan fingerprint density at radius 1 is 1.15 bits per heavy atom. The van der Waals surface area contributed by atoms with Crippen LogP contribution >= 0.6 is 11.8 Å². The SMILES string of the molecule is CC[C@@H](C)[C@@H](NC(=O)[C@@H](N)CC(=O)O)C(=O)N[C@@H](CSC)c1ccccc1. The van der Waals surface area contributed by atoms with Crippen LogP contribution in [0.3, 0.4) is 0 Å². The van der Waals surface area contributed by atoms with E-state index in [0.29, 0.717) is 12.2 Å². The van der Waals surface area contributed by atoms with E-state index in [4.69, 9.17) is 10.8 Å². The smallest absolute Gasteiger partial charge is 0.305 e. The summed E-state index contributed by atoms with van der Waals surface area (Å²) in [6.07, 6.45) is 2.14. The molecular weight excluding hydrogens is 366 g/mol. The van der Waals surface area contributed by atoms with E-state index in [9.17, 15) is 14.4 Å². The molecule has 1 rings (SSSR count). The predicted molar refractivity (Wildman–Crippen MR) is 107 cm³/mol. The van der Waals surface area contributed by atoms with Gasteiger partial charge < -0.3 is 21.5 Å². The van der Waals surface area contributed by atoms with E-state index in [1.165, 1.54) is 0 Å². The number of carbonyl (C=O) groups is 3. The van der Waals surface area contributed by atoms with Crippen molar-refractivity contribution in [2.75, 3.05) is 12.0 Å². The third-order valence-corrected chi connectivity index (χ3v) is 5.04. The molecule has 0 spiro atoms. The quantitative estimate of drug-likeness (QED) is 0.451. The van der Waals surface area contributed by atoms with Crippen LogP contribution in [0.15, 0.2) is 30.3 Å². The number of rotatable bonds is 11. The fraction of sp³-hybridized carbons (Fsp3) is 0.526. The number of nitrogens with two attached hydrogens (primary N) is 1. The van der Waals surface area contributed by atoms with Crippen molar-refractivity contribution in [2.24, 2.45) is 11.7 Å². The Bertz CT molecular complexity index is 627. The largest absolute Gasteiger partial charge is 0.481 e. The van der Waals surface area contributed by atoms with E-state index < -0.39 is 30.4 Å². The second-order valence-electron chi connectivity index (χ2n) is 6.50. The highest BCUT2D eigenvalue weighted by Crippen LogP contribution is 2.18. The molecule has 1 aromatic rings. The van der Waals surface area contributed by atoms with Gasteiger partial charge in [0, 0.05) is 5.75 Å². The Morgan fingerprint density at radius 2 is 1.78 bits per heavy atom. The number of carboxylic acid groups (broad SMARTS) is 1. The van der Waals surface area contributed by atoms with Gasteiger partial charge in [0.25, 0.3) is 0 Å². The van der Waals surface area contributed by atoms with Gasteiger partial charge in [-0.15, -0.1) is 0 Å². The van der Waals surface area contributed by atoms with Gasteiger partial charge in [-0.05, 0) is 17.7 Å². The van der Waals surface area contributed by atoms with Crippen molar-refractivity contribution in [3.63, 3.8) is 0 Å². The summed E-state index contributed by atoms with van der Waals surface area (Å²) in [6, 6.07) is 7.45. The van der Waals surface area contributed by atoms with Crippen LogP contribution in [-0.2, 0) is 14.4 Å². The van der Waals surface area contributed by atoms with E-state index in [0.717, 1.165) is 5.56 Å². The summed E-state index contributed by atoms with van der Waals surface area (Å²) in [7, 11) is 0. The number of aliphatic carboxylic acids is 1. The minimum atomic E-state index is -1.20. The first-order valence-corrected chi connectivity index (χ1v) is 10.3. The molecule has 150 valence electrons. The lowest BCUT2D eigenvalue weighted by Crippen LogP contribution is -2.55. The lowest BCUT2D eigenvalue weighted by atomic mass is 9.97. The summed E-state index contributed by atoms with van der Waals surface area (Å²) in [6.45, 7) is 3.78.